The Kier molecular flexibility index (Phi) is 7.32. The third-order valence-corrected chi connectivity index (χ3v) is 4.16. The first-order valence-corrected chi connectivity index (χ1v) is 8.73. The molecule has 8 nitrogen and oxygen atoms in total. The second-order valence-corrected chi connectivity index (χ2v) is 6.00. The van der Waals surface area contributed by atoms with Gasteiger partial charge in [0.1, 0.15) is 5.56 Å². The lowest BCUT2D eigenvalue weighted by molar-refractivity contribution is 0.0526. The van der Waals surface area contributed by atoms with Gasteiger partial charge in [0.05, 0.1) is 36.0 Å². The zero-order valence-corrected chi connectivity index (χ0v) is 17.0. The fourth-order valence-electron chi connectivity index (χ4n) is 2.81. The number of hydrogen-bond donors (Lipinski definition) is 2. The lowest BCUT2D eigenvalue weighted by Gasteiger charge is -2.15. The number of halogens is 1. The molecule has 0 unspecified atom stereocenters. The number of rotatable bonds is 6. The lowest BCUT2D eigenvalue weighted by atomic mass is 10.1. The van der Waals surface area contributed by atoms with E-state index in [-0.39, 0.29) is 35.7 Å². The molecular weight excluding hydrogens is 412 g/mol. The van der Waals surface area contributed by atoms with E-state index in [1.165, 1.54) is 25.4 Å². The largest absolute Gasteiger partial charge is 0.478 e. The Morgan fingerprint density at radius 1 is 1.07 bits per heavy atom. The van der Waals surface area contributed by atoms with E-state index in [1.807, 2.05) is 0 Å². The number of carboxylic acid groups (broad SMARTS) is 1. The van der Waals surface area contributed by atoms with Gasteiger partial charge in [0.15, 0.2) is 0 Å². The third kappa shape index (κ3) is 4.66. The highest BCUT2D eigenvalue weighted by Gasteiger charge is 2.19. The maximum Gasteiger partial charge on any atom is 0.341 e. The molecule has 0 aliphatic heterocycles. The Morgan fingerprint density at radius 3 is 2.50 bits per heavy atom. The molecule has 2 N–H and O–H groups in total. The van der Waals surface area contributed by atoms with Crippen molar-refractivity contribution in [3.05, 3.63) is 65.4 Å². The van der Waals surface area contributed by atoms with Crippen LogP contribution in [0.3, 0.4) is 0 Å². The predicted molar refractivity (Wildman–Crippen MR) is 113 cm³/mol. The minimum atomic E-state index is -1.08. The molecule has 0 radical (unpaired) electrons. The molecule has 0 aliphatic rings. The summed E-state index contributed by atoms with van der Waals surface area (Å²) in [7, 11) is 1.27. The smallest absolute Gasteiger partial charge is 0.341 e. The van der Waals surface area contributed by atoms with Gasteiger partial charge in [-0.25, -0.2) is 14.4 Å². The first-order chi connectivity index (χ1) is 13.9. The number of carbonyl (C=O) groups is 3. The van der Waals surface area contributed by atoms with E-state index in [4.69, 9.17) is 9.47 Å². The topological polar surface area (TPSA) is 115 Å². The molecule has 30 heavy (non-hydrogen) atoms. The summed E-state index contributed by atoms with van der Waals surface area (Å²) in [5.41, 5.74) is 1.85. The van der Waals surface area contributed by atoms with Gasteiger partial charge in [0.25, 0.3) is 0 Å². The molecule has 2 aromatic carbocycles. The molecule has 3 rings (SSSR count). The van der Waals surface area contributed by atoms with E-state index < -0.39 is 17.9 Å². The first-order valence-electron chi connectivity index (χ1n) is 8.73. The lowest BCUT2D eigenvalue weighted by Crippen LogP contribution is -2.10. The van der Waals surface area contributed by atoms with Gasteiger partial charge in [0, 0.05) is 17.3 Å². The van der Waals surface area contributed by atoms with E-state index in [0.29, 0.717) is 22.3 Å². The van der Waals surface area contributed by atoms with E-state index >= 15 is 0 Å². The average Bonchev–Trinajstić information content (AvgIpc) is 2.73. The molecule has 1 aromatic heterocycles. The highest BCUT2D eigenvalue weighted by Crippen LogP contribution is 2.31. The van der Waals surface area contributed by atoms with Crippen LogP contribution in [0.4, 0.5) is 11.4 Å². The quantitative estimate of drug-likeness (QED) is 0.562. The Bertz CT molecular complexity index is 1120. The van der Waals surface area contributed by atoms with Gasteiger partial charge in [-0.2, -0.15) is 0 Å². The van der Waals surface area contributed by atoms with Gasteiger partial charge in [-0.05, 0) is 43.3 Å². The van der Waals surface area contributed by atoms with Crippen LogP contribution in [0.2, 0.25) is 0 Å². The van der Waals surface area contributed by atoms with Crippen molar-refractivity contribution >= 4 is 52.6 Å². The number of nitrogens with zero attached hydrogens (tertiary/aromatic N) is 1. The summed E-state index contributed by atoms with van der Waals surface area (Å²) in [6.45, 7) is 1.86. The molecule has 9 heteroatoms. The average molecular weight is 431 g/mol. The molecule has 3 aromatic rings. The number of aromatic nitrogens is 1. The van der Waals surface area contributed by atoms with Gasteiger partial charge in [-0.3, -0.25) is 4.98 Å². The maximum absolute atomic E-state index is 12.5. The first kappa shape index (κ1) is 22.6. The number of carboxylic acids is 1. The zero-order valence-electron chi connectivity index (χ0n) is 16.2. The van der Waals surface area contributed by atoms with E-state index in [1.54, 1.807) is 37.3 Å². The standard InChI is InChI=1S/C21H18N2O6.ClH/c1-3-29-21(27)16-11-22-17-8-7-13(20(26)28-2)10-15(17)18(16)23-14-6-4-5-12(9-14)19(24)25;/h4-11H,3H2,1-2H3,(H,22,23)(H,24,25);1H. The molecule has 0 aliphatic carbocycles. The number of anilines is 2. The zero-order chi connectivity index (χ0) is 21.0. The number of esters is 2. The molecule has 0 saturated carbocycles. The highest BCUT2D eigenvalue weighted by molar-refractivity contribution is 6.08. The summed E-state index contributed by atoms with van der Waals surface area (Å²) in [6.07, 6.45) is 1.38. The minimum absolute atomic E-state index is 0. The molecule has 0 amide bonds. The van der Waals surface area contributed by atoms with Crippen molar-refractivity contribution < 1.29 is 29.0 Å². The Morgan fingerprint density at radius 2 is 1.83 bits per heavy atom. The van der Waals surface area contributed by atoms with Crippen LogP contribution in [-0.4, -0.2) is 41.7 Å². The van der Waals surface area contributed by atoms with Crippen LogP contribution in [0.25, 0.3) is 10.9 Å². The molecular formula is C21H19ClN2O6. The number of methoxy groups -OCH3 is 1. The highest BCUT2D eigenvalue weighted by atomic mass is 35.5. The number of fused-ring (bicyclic) bond motifs is 1. The summed E-state index contributed by atoms with van der Waals surface area (Å²) < 4.78 is 9.88. The fourth-order valence-corrected chi connectivity index (χ4v) is 2.81. The normalized spacial score (nSPS) is 10.1. The van der Waals surface area contributed by atoms with Gasteiger partial charge < -0.3 is 19.9 Å². The summed E-state index contributed by atoms with van der Waals surface area (Å²) in [4.78, 5) is 39.9. The molecule has 0 spiro atoms. The van der Waals surface area contributed by atoms with Crippen molar-refractivity contribution in [1.82, 2.24) is 4.98 Å². The van der Waals surface area contributed by atoms with Crippen LogP contribution in [0.5, 0.6) is 0 Å². The fraction of sp³-hybridized carbons (Fsp3) is 0.143. The second-order valence-electron chi connectivity index (χ2n) is 6.00. The Balaban J connectivity index is 0.00000320. The summed E-state index contributed by atoms with van der Waals surface area (Å²) in [5.74, 6) is -2.21. The van der Waals surface area contributed by atoms with Gasteiger partial charge in [0.2, 0.25) is 0 Å². The number of pyridine rings is 1. The van der Waals surface area contributed by atoms with Crippen molar-refractivity contribution in [2.24, 2.45) is 0 Å². The molecule has 0 bridgehead atoms. The van der Waals surface area contributed by atoms with Crippen molar-refractivity contribution in [3.63, 3.8) is 0 Å². The van der Waals surface area contributed by atoms with Crippen LogP contribution in [0, 0.1) is 0 Å². The van der Waals surface area contributed by atoms with Crippen LogP contribution < -0.4 is 5.32 Å². The van der Waals surface area contributed by atoms with Crippen molar-refractivity contribution in [1.29, 1.82) is 0 Å². The molecule has 0 saturated heterocycles. The second kappa shape index (κ2) is 9.71. The van der Waals surface area contributed by atoms with Gasteiger partial charge >= 0.3 is 17.9 Å². The Labute approximate surface area is 178 Å². The monoisotopic (exact) mass is 430 g/mol. The van der Waals surface area contributed by atoms with E-state index in [9.17, 15) is 19.5 Å². The molecule has 0 atom stereocenters. The predicted octanol–water partition coefficient (Wildman–Crippen LogP) is 4.06. The number of carbonyl (C=O) groups excluding carboxylic acids is 2. The van der Waals surface area contributed by atoms with Crippen molar-refractivity contribution in [2.45, 2.75) is 6.92 Å². The molecule has 1 heterocycles. The van der Waals surface area contributed by atoms with Crippen molar-refractivity contribution in [3.8, 4) is 0 Å². The van der Waals surface area contributed by atoms with E-state index in [0.717, 1.165) is 0 Å². The van der Waals surface area contributed by atoms with Gasteiger partial charge in [-0.15, -0.1) is 12.4 Å². The van der Waals surface area contributed by atoms with Gasteiger partial charge in [-0.1, -0.05) is 6.07 Å². The van der Waals surface area contributed by atoms with Crippen molar-refractivity contribution in [2.75, 3.05) is 19.0 Å². The van der Waals surface area contributed by atoms with Crippen LogP contribution in [0.15, 0.2) is 48.7 Å². The summed E-state index contributed by atoms with van der Waals surface area (Å²) >= 11 is 0. The molecule has 0 fully saturated rings. The van der Waals surface area contributed by atoms with Crippen LogP contribution in [-0.2, 0) is 9.47 Å². The Hall–Kier alpha value is -3.65. The number of aromatic carboxylic acids is 1. The minimum Gasteiger partial charge on any atom is -0.478 e. The van der Waals surface area contributed by atoms with Crippen LogP contribution >= 0.6 is 12.4 Å². The SMILES string of the molecule is CCOC(=O)c1cnc2ccc(C(=O)OC)cc2c1Nc1cccc(C(=O)O)c1.Cl. The summed E-state index contributed by atoms with van der Waals surface area (Å²) in [5, 5.41) is 12.8. The maximum atomic E-state index is 12.5. The summed E-state index contributed by atoms with van der Waals surface area (Å²) in [6, 6.07) is 10.9. The van der Waals surface area contributed by atoms with E-state index in [2.05, 4.69) is 10.3 Å². The number of benzene rings is 2. The number of ether oxygens (including phenoxy) is 2. The molecule has 156 valence electrons. The third-order valence-electron chi connectivity index (χ3n) is 4.16. The number of nitrogens with one attached hydrogen (secondary N) is 1. The number of hydrogen-bond acceptors (Lipinski definition) is 7. The van der Waals surface area contributed by atoms with Crippen LogP contribution in [0.1, 0.15) is 38.0 Å².